The second kappa shape index (κ2) is 6.15. The van der Waals surface area contributed by atoms with E-state index in [1.54, 1.807) is 24.1 Å². The molecule has 2 atom stereocenters. The fraction of sp³-hybridized carbons (Fsp3) is 0.533. The molecule has 0 spiro atoms. The van der Waals surface area contributed by atoms with Crippen molar-refractivity contribution in [3.05, 3.63) is 35.6 Å². The molecular weight excluding hydrogens is 243 g/mol. The minimum absolute atomic E-state index is 0.0225. The monoisotopic (exact) mass is 266 g/mol. The number of hydrogen-bond donors (Lipinski definition) is 1. The van der Waals surface area contributed by atoms with Crippen molar-refractivity contribution < 1.29 is 9.18 Å². The van der Waals surface area contributed by atoms with Gasteiger partial charge in [-0.25, -0.2) is 4.39 Å². The van der Waals surface area contributed by atoms with E-state index in [0.717, 1.165) is 5.56 Å². The van der Waals surface area contributed by atoms with Gasteiger partial charge in [0.2, 0.25) is 5.91 Å². The summed E-state index contributed by atoms with van der Waals surface area (Å²) in [6, 6.07) is 6.12. The number of carbonyl (C=O) groups is 1. The van der Waals surface area contributed by atoms with Crippen LogP contribution in [0.2, 0.25) is 0 Å². The van der Waals surface area contributed by atoms with E-state index in [4.69, 9.17) is 5.73 Å². The summed E-state index contributed by atoms with van der Waals surface area (Å²) in [5, 5.41) is 0. The Morgan fingerprint density at radius 2 is 1.95 bits per heavy atom. The number of hydrogen-bond acceptors (Lipinski definition) is 2. The van der Waals surface area contributed by atoms with Gasteiger partial charge in [-0.15, -0.1) is 0 Å². The fourth-order valence-corrected chi connectivity index (χ4v) is 1.95. The van der Waals surface area contributed by atoms with Gasteiger partial charge in [0.05, 0.1) is 11.5 Å². The zero-order valence-electron chi connectivity index (χ0n) is 12.1. The Labute approximate surface area is 114 Å². The topological polar surface area (TPSA) is 46.3 Å². The number of amides is 1. The van der Waals surface area contributed by atoms with Crippen molar-refractivity contribution in [1.29, 1.82) is 0 Å². The van der Waals surface area contributed by atoms with Gasteiger partial charge in [0.1, 0.15) is 5.82 Å². The van der Waals surface area contributed by atoms with Crippen molar-refractivity contribution in [2.45, 2.75) is 33.2 Å². The first-order valence-corrected chi connectivity index (χ1v) is 6.58. The summed E-state index contributed by atoms with van der Waals surface area (Å²) in [5.41, 5.74) is 6.09. The predicted octanol–water partition coefficient (Wildman–Crippen LogP) is 2.72. The summed E-state index contributed by atoms with van der Waals surface area (Å²) in [4.78, 5) is 14.2. The lowest BCUT2D eigenvalue weighted by Crippen LogP contribution is -2.45. The molecule has 0 aliphatic heterocycles. The highest BCUT2D eigenvalue weighted by Crippen LogP contribution is 2.27. The van der Waals surface area contributed by atoms with Gasteiger partial charge in [-0.05, 0) is 38.0 Å². The highest BCUT2D eigenvalue weighted by Gasteiger charge is 2.34. The van der Waals surface area contributed by atoms with Crippen molar-refractivity contribution in [2.24, 2.45) is 11.1 Å². The van der Waals surface area contributed by atoms with Crippen LogP contribution in [0.1, 0.15) is 38.8 Å². The van der Waals surface area contributed by atoms with Crippen molar-refractivity contribution in [3.8, 4) is 0 Å². The summed E-state index contributed by atoms with van der Waals surface area (Å²) in [5.74, 6) is -0.250. The number of halogens is 1. The van der Waals surface area contributed by atoms with Crippen molar-refractivity contribution >= 4 is 5.91 Å². The molecule has 106 valence electrons. The molecule has 0 saturated carbocycles. The lowest BCUT2D eigenvalue weighted by atomic mass is 9.85. The summed E-state index contributed by atoms with van der Waals surface area (Å²) >= 11 is 0. The SMILES string of the molecule is CCC(C)(CN)C(=O)N(C)C(C)c1ccc(F)cc1. The normalized spacial score (nSPS) is 15.7. The van der Waals surface area contributed by atoms with Gasteiger partial charge in [-0.3, -0.25) is 4.79 Å². The Morgan fingerprint density at radius 3 is 2.37 bits per heavy atom. The predicted molar refractivity (Wildman–Crippen MR) is 75.0 cm³/mol. The third-order valence-electron chi connectivity index (χ3n) is 4.00. The Balaban J connectivity index is 2.90. The minimum atomic E-state index is -0.539. The molecule has 0 aromatic heterocycles. The van der Waals surface area contributed by atoms with Crippen LogP contribution in [0.4, 0.5) is 4.39 Å². The molecule has 1 rings (SSSR count). The second-order valence-corrected chi connectivity index (χ2v) is 5.26. The van der Waals surface area contributed by atoms with Crippen LogP contribution in [-0.4, -0.2) is 24.4 Å². The smallest absolute Gasteiger partial charge is 0.230 e. The first kappa shape index (κ1) is 15.6. The van der Waals surface area contributed by atoms with Crippen molar-refractivity contribution in [3.63, 3.8) is 0 Å². The standard InChI is InChI=1S/C15H23FN2O/c1-5-15(3,10-17)14(19)18(4)11(2)12-6-8-13(16)9-7-12/h6-9,11H,5,10,17H2,1-4H3. The third-order valence-corrected chi connectivity index (χ3v) is 4.00. The van der Waals surface area contributed by atoms with Crippen molar-refractivity contribution in [2.75, 3.05) is 13.6 Å². The molecule has 1 aromatic carbocycles. The van der Waals surface area contributed by atoms with Gasteiger partial charge >= 0.3 is 0 Å². The summed E-state index contributed by atoms with van der Waals surface area (Å²) in [6.07, 6.45) is 0.697. The molecule has 0 bridgehead atoms. The Morgan fingerprint density at radius 1 is 1.42 bits per heavy atom. The van der Waals surface area contributed by atoms with E-state index >= 15 is 0 Å². The third kappa shape index (κ3) is 3.32. The van der Waals surface area contributed by atoms with Crippen molar-refractivity contribution in [1.82, 2.24) is 4.90 Å². The summed E-state index contributed by atoms with van der Waals surface area (Å²) in [7, 11) is 1.76. The molecular formula is C15H23FN2O. The first-order chi connectivity index (χ1) is 8.85. The van der Waals surface area contributed by atoms with Crippen LogP contribution in [0.3, 0.4) is 0 Å². The Kier molecular flexibility index (Phi) is 5.06. The zero-order chi connectivity index (χ0) is 14.6. The van der Waals surface area contributed by atoms with E-state index in [0.29, 0.717) is 13.0 Å². The number of rotatable bonds is 5. The molecule has 2 N–H and O–H groups in total. The molecule has 2 unspecified atom stereocenters. The molecule has 0 saturated heterocycles. The van der Waals surface area contributed by atoms with Gasteiger partial charge in [-0.1, -0.05) is 19.1 Å². The molecule has 0 radical (unpaired) electrons. The van der Waals surface area contributed by atoms with Crippen LogP contribution in [-0.2, 0) is 4.79 Å². The van der Waals surface area contributed by atoms with Gasteiger partial charge in [0, 0.05) is 13.6 Å². The number of benzene rings is 1. The van der Waals surface area contributed by atoms with E-state index in [9.17, 15) is 9.18 Å². The molecule has 3 nitrogen and oxygen atoms in total. The highest BCUT2D eigenvalue weighted by molar-refractivity contribution is 5.82. The molecule has 1 amide bonds. The maximum absolute atomic E-state index is 12.9. The number of nitrogens with zero attached hydrogens (tertiary/aromatic N) is 1. The van der Waals surface area contributed by atoms with Crippen LogP contribution >= 0.6 is 0 Å². The molecule has 1 aromatic rings. The van der Waals surface area contributed by atoms with E-state index in [-0.39, 0.29) is 17.8 Å². The second-order valence-electron chi connectivity index (χ2n) is 5.26. The first-order valence-electron chi connectivity index (χ1n) is 6.58. The molecule has 0 heterocycles. The maximum Gasteiger partial charge on any atom is 0.230 e. The van der Waals surface area contributed by atoms with Crippen LogP contribution in [0.5, 0.6) is 0 Å². The zero-order valence-corrected chi connectivity index (χ0v) is 12.1. The highest BCUT2D eigenvalue weighted by atomic mass is 19.1. The average Bonchev–Trinajstić information content (AvgIpc) is 2.44. The Bertz CT molecular complexity index is 426. The van der Waals surface area contributed by atoms with Crippen LogP contribution < -0.4 is 5.73 Å². The molecule has 4 heteroatoms. The lowest BCUT2D eigenvalue weighted by Gasteiger charge is -2.34. The minimum Gasteiger partial charge on any atom is -0.338 e. The van der Waals surface area contributed by atoms with E-state index in [1.165, 1.54) is 12.1 Å². The Hall–Kier alpha value is -1.42. The van der Waals surface area contributed by atoms with E-state index in [2.05, 4.69) is 0 Å². The van der Waals surface area contributed by atoms with Crippen LogP contribution in [0, 0.1) is 11.2 Å². The fourth-order valence-electron chi connectivity index (χ4n) is 1.95. The number of nitrogens with two attached hydrogens (primary N) is 1. The molecule has 19 heavy (non-hydrogen) atoms. The van der Waals surface area contributed by atoms with Gasteiger partial charge in [0.15, 0.2) is 0 Å². The summed E-state index contributed by atoms with van der Waals surface area (Å²) < 4.78 is 12.9. The number of carbonyl (C=O) groups excluding carboxylic acids is 1. The van der Waals surface area contributed by atoms with Crippen LogP contribution in [0.25, 0.3) is 0 Å². The molecule has 0 aliphatic rings. The summed E-state index contributed by atoms with van der Waals surface area (Å²) in [6.45, 7) is 6.09. The quantitative estimate of drug-likeness (QED) is 0.890. The molecule has 0 fully saturated rings. The van der Waals surface area contributed by atoms with Crippen LogP contribution in [0.15, 0.2) is 24.3 Å². The average molecular weight is 266 g/mol. The van der Waals surface area contributed by atoms with E-state index in [1.807, 2.05) is 20.8 Å². The van der Waals surface area contributed by atoms with Gasteiger partial charge in [0.25, 0.3) is 0 Å². The van der Waals surface area contributed by atoms with Gasteiger partial charge < -0.3 is 10.6 Å². The van der Waals surface area contributed by atoms with E-state index < -0.39 is 5.41 Å². The largest absolute Gasteiger partial charge is 0.338 e. The van der Waals surface area contributed by atoms with Gasteiger partial charge in [-0.2, -0.15) is 0 Å². The lowest BCUT2D eigenvalue weighted by molar-refractivity contribution is -0.141. The molecule has 0 aliphatic carbocycles. The maximum atomic E-state index is 12.9.